The Hall–Kier alpha value is -1.44. The zero-order chi connectivity index (χ0) is 13.0. The predicted molar refractivity (Wildman–Crippen MR) is 77.9 cm³/mol. The van der Waals surface area contributed by atoms with Gasteiger partial charge in [0.2, 0.25) is 5.00 Å². The number of methoxy groups -OCH3 is 1. The summed E-state index contributed by atoms with van der Waals surface area (Å²) in [7, 11) is 1.67. The molecule has 1 heterocycles. The monoisotopic (exact) mass is 275 g/mol. The molecule has 0 aliphatic rings. The summed E-state index contributed by atoms with van der Waals surface area (Å²) in [6.45, 7) is 9.06. The van der Waals surface area contributed by atoms with Crippen LogP contribution in [-0.2, 0) is 5.75 Å². The second-order valence-electron chi connectivity index (χ2n) is 3.80. The minimum Gasteiger partial charge on any atom is -0.497 e. The van der Waals surface area contributed by atoms with E-state index in [2.05, 4.69) is 23.9 Å². The number of hydrogen-bond donors (Lipinski definition) is 0. The minimum absolute atomic E-state index is 0.768. The first-order chi connectivity index (χ1) is 8.72. The Balaban J connectivity index is 2.02. The lowest BCUT2D eigenvalue weighted by Crippen LogP contribution is -1.84. The molecule has 0 saturated heterocycles. The van der Waals surface area contributed by atoms with Gasteiger partial charge in [0, 0.05) is 5.75 Å². The maximum absolute atomic E-state index is 7.01. The van der Waals surface area contributed by atoms with Crippen molar-refractivity contribution in [1.82, 2.24) is 0 Å². The van der Waals surface area contributed by atoms with E-state index >= 15 is 0 Å². The van der Waals surface area contributed by atoms with E-state index in [1.54, 1.807) is 30.2 Å². The highest BCUT2D eigenvalue weighted by Crippen LogP contribution is 2.37. The fourth-order valence-corrected chi connectivity index (χ4v) is 3.65. The molecule has 0 bridgehead atoms. The van der Waals surface area contributed by atoms with Crippen molar-refractivity contribution in [2.75, 3.05) is 7.11 Å². The van der Waals surface area contributed by atoms with E-state index in [-0.39, 0.29) is 0 Å². The zero-order valence-electron chi connectivity index (χ0n) is 10.3. The average molecular weight is 275 g/mol. The Morgan fingerprint density at radius 3 is 2.61 bits per heavy atom. The third kappa shape index (κ3) is 3.06. The van der Waals surface area contributed by atoms with Gasteiger partial charge in [-0.15, -0.1) is 23.1 Å². The van der Waals surface area contributed by atoms with Crippen LogP contribution in [-0.4, -0.2) is 7.11 Å². The zero-order valence-corrected chi connectivity index (χ0v) is 11.9. The summed E-state index contributed by atoms with van der Waals surface area (Å²) in [5.74, 6) is 1.80. The summed E-state index contributed by atoms with van der Waals surface area (Å²) in [5, 5.41) is 0.768. The van der Waals surface area contributed by atoms with Gasteiger partial charge in [0.05, 0.1) is 17.9 Å². The molecule has 2 nitrogen and oxygen atoms in total. The van der Waals surface area contributed by atoms with E-state index in [1.165, 1.54) is 15.3 Å². The lowest BCUT2D eigenvalue weighted by atomic mass is 10.2. The Bertz CT molecular complexity index is 566. The highest BCUT2D eigenvalue weighted by atomic mass is 32.2. The highest BCUT2D eigenvalue weighted by molar-refractivity contribution is 8.00. The summed E-state index contributed by atoms with van der Waals surface area (Å²) in [5.41, 5.74) is 2.46. The van der Waals surface area contributed by atoms with Gasteiger partial charge in [0.25, 0.3) is 0 Å². The molecule has 1 aromatic carbocycles. The van der Waals surface area contributed by atoms with E-state index in [4.69, 9.17) is 11.3 Å². The van der Waals surface area contributed by atoms with Crippen molar-refractivity contribution in [3.63, 3.8) is 0 Å². The van der Waals surface area contributed by atoms with Crippen molar-refractivity contribution in [2.24, 2.45) is 0 Å². The van der Waals surface area contributed by atoms with Crippen LogP contribution in [0.5, 0.6) is 5.75 Å². The second-order valence-corrected chi connectivity index (χ2v) is 6.08. The van der Waals surface area contributed by atoms with Crippen LogP contribution < -0.4 is 4.74 Å². The predicted octanol–water partition coefficient (Wildman–Crippen LogP) is 4.91. The third-order valence-electron chi connectivity index (χ3n) is 2.50. The molecule has 4 heteroatoms. The van der Waals surface area contributed by atoms with E-state index in [1.807, 2.05) is 18.2 Å². The van der Waals surface area contributed by atoms with Gasteiger partial charge >= 0.3 is 0 Å². The topological polar surface area (TPSA) is 13.6 Å². The Morgan fingerprint density at radius 1 is 1.33 bits per heavy atom. The van der Waals surface area contributed by atoms with Crippen molar-refractivity contribution in [1.29, 1.82) is 0 Å². The summed E-state index contributed by atoms with van der Waals surface area (Å²) in [6.07, 6.45) is 0. The number of nitrogens with zero attached hydrogens (tertiary/aromatic N) is 1. The standard InChI is InChI=1S/C14H13NOS2/c1-10-8-13(15-2)18-14(10)17-9-11-4-6-12(16-3)7-5-11/h4-8H,9H2,1,3H3. The van der Waals surface area contributed by atoms with E-state index < -0.39 is 0 Å². The van der Waals surface area contributed by atoms with Gasteiger partial charge in [-0.1, -0.05) is 12.1 Å². The van der Waals surface area contributed by atoms with Crippen LogP contribution in [0.15, 0.2) is 34.5 Å². The van der Waals surface area contributed by atoms with Gasteiger partial charge in [-0.2, -0.15) is 0 Å². The van der Waals surface area contributed by atoms with E-state index in [9.17, 15) is 0 Å². The normalized spacial score (nSPS) is 10.1. The van der Waals surface area contributed by atoms with E-state index in [0.717, 1.165) is 16.5 Å². The van der Waals surface area contributed by atoms with Crippen LogP contribution in [0.4, 0.5) is 5.00 Å². The molecule has 0 unspecified atom stereocenters. The van der Waals surface area contributed by atoms with Crippen LogP contribution in [0.1, 0.15) is 11.1 Å². The van der Waals surface area contributed by atoms with Gasteiger partial charge in [0.15, 0.2) is 0 Å². The third-order valence-corrected chi connectivity index (χ3v) is 5.09. The number of hydrogen-bond acceptors (Lipinski definition) is 3. The van der Waals surface area contributed by atoms with Crippen molar-refractivity contribution >= 4 is 28.1 Å². The molecule has 92 valence electrons. The largest absolute Gasteiger partial charge is 0.497 e. The van der Waals surface area contributed by atoms with Crippen molar-refractivity contribution in [3.05, 3.63) is 52.9 Å². The molecule has 0 N–H and O–H groups in total. The molecule has 0 spiro atoms. The molecule has 0 radical (unpaired) electrons. The van der Waals surface area contributed by atoms with Crippen LogP contribution in [0.25, 0.3) is 4.85 Å². The van der Waals surface area contributed by atoms with Crippen molar-refractivity contribution in [3.8, 4) is 5.75 Å². The first-order valence-electron chi connectivity index (χ1n) is 5.46. The van der Waals surface area contributed by atoms with Gasteiger partial charge in [0.1, 0.15) is 5.75 Å². The number of benzene rings is 1. The summed E-state index contributed by atoms with van der Waals surface area (Å²) < 4.78 is 6.36. The number of thioether (sulfide) groups is 1. The molecule has 0 fully saturated rings. The highest BCUT2D eigenvalue weighted by Gasteiger charge is 2.06. The van der Waals surface area contributed by atoms with Crippen molar-refractivity contribution < 1.29 is 4.74 Å². The lowest BCUT2D eigenvalue weighted by molar-refractivity contribution is 0.414. The van der Waals surface area contributed by atoms with Gasteiger partial charge in [-0.05, 0) is 36.2 Å². The summed E-state index contributed by atoms with van der Waals surface area (Å²) in [4.78, 5) is 3.47. The fraction of sp³-hybridized carbons (Fsp3) is 0.214. The average Bonchev–Trinajstić information content (AvgIpc) is 2.77. The SMILES string of the molecule is [C-]#[N+]c1cc(C)c(SCc2ccc(OC)cc2)s1. The van der Waals surface area contributed by atoms with Crippen LogP contribution in [0, 0.1) is 13.5 Å². The van der Waals surface area contributed by atoms with Crippen LogP contribution >= 0.6 is 23.1 Å². The summed E-state index contributed by atoms with van der Waals surface area (Å²) in [6, 6.07) is 10.0. The molecule has 0 atom stereocenters. The number of aryl methyl sites for hydroxylation is 1. The molecule has 1 aromatic heterocycles. The maximum Gasteiger partial charge on any atom is 0.242 e. The Kier molecular flexibility index (Phi) is 4.29. The Labute approximate surface area is 115 Å². The quantitative estimate of drug-likeness (QED) is 0.581. The summed E-state index contributed by atoms with van der Waals surface area (Å²) >= 11 is 3.35. The lowest BCUT2D eigenvalue weighted by Gasteiger charge is -2.03. The molecule has 0 aliphatic carbocycles. The molecule has 2 aromatic rings. The van der Waals surface area contributed by atoms with E-state index in [0.29, 0.717) is 0 Å². The first kappa shape index (κ1) is 13.0. The molecule has 0 aliphatic heterocycles. The minimum atomic E-state index is 0.768. The van der Waals surface area contributed by atoms with Gasteiger partial charge in [-0.25, -0.2) is 4.85 Å². The molecule has 18 heavy (non-hydrogen) atoms. The fourth-order valence-electron chi connectivity index (χ4n) is 1.52. The number of rotatable bonds is 4. The first-order valence-corrected chi connectivity index (χ1v) is 7.26. The van der Waals surface area contributed by atoms with Crippen LogP contribution in [0.3, 0.4) is 0 Å². The Morgan fingerprint density at radius 2 is 2.06 bits per heavy atom. The number of thiophene rings is 1. The molecule has 2 rings (SSSR count). The maximum atomic E-state index is 7.01. The molecule has 0 amide bonds. The van der Waals surface area contributed by atoms with Crippen LogP contribution in [0.2, 0.25) is 0 Å². The number of ether oxygens (including phenoxy) is 1. The smallest absolute Gasteiger partial charge is 0.242 e. The van der Waals surface area contributed by atoms with Crippen molar-refractivity contribution in [2.45, 2.75) is 16.9 Å². The second kappa shape index (κ2) is 5.94. The van der Waals surface area contributed by atoms with Gasteiger partial charge in [-0.3, -0.25) is 0 Å². The molecule has 0 saturated carbocycles. The molecular weight excluding hydrogens is 262 g/mol. The van der Waals surface area contributed by atoms with Gasteiger partial charge < -0.3 is 4.74 Å². The molecular formula is C14H13NOS2.